The lowest BCUT2D eigenvalue weighted by atomic mass is 10.3. The van der Waals surface area contributed by atoms with Gasteiger partial charge in [0.15, 0.2) is 5.03 Å². The Labute approximate surface area is 123 Å². The van der Waals surface area contributed by atoms with E-state index < -0.39 is 10.0 Å². The minimum atomic E-state index is -3.48. The first-order valence-electron chi connectivity index (χ1n) is 6.90. The van der Waals surface area contributed by atoms with Gasteiger partial charge < -0.3 is 5.32 Å². The molecule has 0 spiro atoms. The zero-order valence-corrected chi connectivity index (χ0v) is 13.1. The lowest BCUT2D eigenvalue weighted by Crippen LogP contribution is -2.37. The fourth-order valence-corrected chi connectivity index (χ4v) is 5.19. The van der Waals surface area contributed by atoms with E-state index in [0.717, 1.165) is 23.5 Å². The molecule has 0 amide bonds. The third-order valence-corrected chi connectivity index (χ3v) is 6.96. The number of sulfonamides is 1. The van der Waals surface area contributed by atoms with Gasteiger partial charge in [-0.1, -0.05) is 0 Å². The van der Waals surface area contributed by atoms with Gasteiger partial charge in [-0.3, -0.25) is 5.10 Å². The smallest absolute Gasteiger partial charge is 0.260 e. The SMILES string of the molecule is CN(C1CCSC1)S(=O)(=O)c1[nH]ncc1CNC1CC1. The molecule has 1 atom stereocenters. The number of thioether (sulfide) groups is 1. The average molecular weight is 316 g/mol. The van der Waals surface area contributed by atoms with Gasteiger partial charge >= 0.3 is 0 Å². The number of rotatable bonds is 6. The quantitative estimate of drug-likeness (QED) is 0.811. The molecule has 2 aliphatic rings. The number of H-pyrrole nitrogens is 1. The Hall–Kier alpha value is -0.570. The molecule has 1 unspecified atom stereocenters. The van der Waals surface area contributed by atoms with E-state index in [1.807, 2.05) is 0 Å². The van der Waals surface area contributed by atoms with E-state index in [4.69, 9.17) is 0 Å². The maximum atomic E-state index is 12.7. The van der Waals surface area contributed by atoms with Gasteiger partial charge in [0.2, 0.25) is 0 Å². The largest absolute Gasteiger partial charge is 0.310 e. The monoisotopic (exact) mass is 316 g/mol. The molecule has 0 radical (unpaired) electrons. The second kappa shape index (κ2) is 5.67. The molecular weight excluding hydrogens is 296 g/mol. The highest BCUT2D eigenvalue weighted by Crippen LogP contribution is 2.27. The van der Waals surface area contributed by atoms with E-state index in [1.54, 1.807) is 25.0 Å². The van der Waals surface area contributed by atoms with Crippen LogP contribution in [-0.4, -0.2) is 53.6 Å². The molecule has 2 N–H and O–H groups in total. The van der Waals surface area contributed by atoms with Crippen molar-refractivity contribution in [1.82, 2.24) is 19.8 Å². The highest BCUT2D eigenvalue weighted by Gasteiger charge is 2.33. The summed E-state index contributed by atoms with van der Waals surface area (Å²) in [4.78, 5) is 0. The normalized spacial score (nSPS) is 23.6. The van der Waals surface area contributed by atoms with Gasteiger partial charge in [-0.2, -0.15) is 21.2 Å². The molecule has 1 aromatic heterocycles. The van der Waals surface area contributed by atoms with Crippen molar-refractivity contribution in [2.75, 3.05) is 18.6 Å². The molecule has 8 heteroatoms. The molecule has 1 aliphatic heterocycles. The van der Waals surface area contributed by atoms with Gasteiger partial charge in [-0.15, -0.1) is 0 Å². The van der Waals surface area contributed by atoms with Crippen LogP contribution >= 0.6 is 11.8 Å². The molecule has 0 bridgehead atoms. The number of aromatic nitrogens is 2. The van der Waals surface area contributed by atoms with Gasteiger partial charge in [-0.05, 0) is 25.0 Å². The standard InChI is InChI=1S/C12H20N4O2S2/c1-16(11-4-5-19-8-11)20(17,18)12-9(7-14-15-12)6-13-10-2-3-10/h7,10-11,13H,2-6,8H2,1H3,(H,14,15). The van der Waals surface area contributed by atoms with Crippen LogP contribution in [0.3, 0.4) is 0 Å². The fraction of sp³-hybridized carbons (Fsp3) is 0.750. The zero-order valence-electron chi connectivity index (χ0n) is 11.5. The number of nitrogens with zero attached hydrogens (tertiary/aromatic N) is 2. The van der Waals surface area contributed by atoms with Crippen molar-refractivity contribution in [3.05, 3.63) is 11.8 Å². The number of hydrogen-bond acceptors (Lipinski definition) is 5. The predicted octanol–water partition coefficient (Wildman–Crippen LogP) is 0.788. The minimum absolute atomic E-state index is 0.0949. The summed E-state index contributed by atoms with van der Waals surface area (Å²) in [5.74, 6) is 1.91. The molecule has 20 heavy (non-hydrogen) atoms. The molecule has 3 rings (SSSR count). The maximum absolute atomic E-state index is 12.7. The van der Waals surface area contributed by atoms with Gasteiger partial charge in [0.05, 0.1) is 6.20 Å². The topological polar surface area (TPSA) is 78.1 Å². The van der Waals surface area contributed by atoms with Crippen molar-refractivity contribution >= 4 is 21.8 Å². The third kappa shape index (κ3) is 2.88. The van der Waals surface area contributed by atoms with Crippen molar-refractivity contribution in [2.24, 2.45) is 0 Å². The summed E-state index contributed by atoms with van der Waals surface area (Å²) in [7, 11) is -1.80. The van der Waals surface area contributed by atoms with Crippen molar-refractivity contribution in [2.45, 2.75) is 42.9 Å². The van der Waals surface area contributed by atoms with Crippen LogP contribution in [0.5, 0.6) is 0 Å². The van der Waals surface area contributed by atoms with Gasteiger partial charge in [0.1, 0.15) is 0 Å². The number of aromatic amines is 1. The van der Waals surface area contributed by atoms with Crippen molar-refractivity contribution in [3.63, 3.8) is 0 Å². The second-order valence-corrected chi connectivity index (χ2v) is 8.50. The number of nitrogens with one attached hydrogen (secondary N) is 2. The third-order valence-electron chi connectivity index (χ3n) is 3.89. The van der Waals surface area contributed by atoms with Crippen molar-refractivity contribution in [1.29, 1.82) is 0 Å². The van der Waals surface area contributed by atoms with E-state index in [-0.39, 0.29) is 11.1 Å². The van der Waals surface area contributed by atoms with Crippen LogP contribution in [0.25, 0.3) is 0 Å². The molecular formula is C12H20N4O2S2. The van der Waals surface area contributed by atoms with Gasteiger partial charge in [-0.25, -0.2) is 8.42 Å². The first kappa shape index (κ1) is 14.4. The Kier molecular flexibility index (Phi) is 4.07. The van der Waals surface area contributed by atoms with Crippen LogP contribution in [0, 0.1) is 0 Å². The first-order valence-corrected chi connectivity index (χ1v) is 9.50. The zero-order chi connectivity index (χ0) is 14.2. The van der Waals surface area contributed by atoms with E-state index in [2.05, 4.69) is 15.5 Å². The summed E-state index contributed by atoms with van der Waals surface area (Å²) in [6.45, 7) is 0.559. The van der Waals surface area contributed by atoms with Crippen molar-refractivity contribution in [3.8, 4) is 0 Å². The molecule has 1 saturated heterocycles. The van der Waals surface area contributed by atoms with Crippen LogP contribution in [0.2, 0.25) is 0 Å². The Balaban J connectivity index is 1.77. The Bertz CT molecular complexity index is 562. The lowest BCUT2D eigenvalue weighted by Gasteiger charge is -2.22. The first-order chi connectivity index (χ1) is 9.59. The summed E-state index contributed by atoms with van der Waals surface area (Å²) in [5.41, 5.74) is 0.731. The molecule has 1 aliphatic carbocycles. The van der Waals surface area contributed by atoms with Crippen LogP contribution in [-0.2, 0) is 16.6 Å². The fourth-order valence-electron chi connectivity index (χ4n) is 2.34. The molecule has 0 aromatic carbocycles. The van der Waals surface area contributed by atoms with Gasteiger partial charge in [0, 0.05) is 37.0 Å². The molecule has 1 saturated carbocycles. The summed E-state index contributed by atoms with van der Waals surface area (Å²) < 4.78 is 26.9. The Morgan fingerprint density at radius 3 is 2.95 bits per heavy atom. The highest BCUT2D eigenvalue weighted by molar-refractivity contribution is 7.99. The highest BCUT2D eigenvalue weighted by atomic mass is 32.2. The second-order valence-electron chi connectivity index (χ2n) is 5.42. The molecule has 6 nitrogen and oxygen atoms in total. The van der Waals surface area contributed by atoms with Gasteiger partial charge in [0.25, 0.3) is 10.0 Å². The summed E-state index contributed by atoms with van der Waals surface area (Å²) >= 11 is 1.81. The molecule has 2 heterocycles. The number of hydrogen-bond donors (Lipinski definition) is 2. The Morgan fingerprint density at radius 1 is 1.50 bits per heavy atom. The lowest BCUT2D eigenvalue weighted by molar-refractivity contribution is 0.392. The summed E-state index contributed by atoms with van der Waals surface area (Å²) in [6.07, 6.45) is 4.89. The van der Waals surface area contributed by atoms with E-state index in [0.29, 0.717) is 12.6 Å². The average Bonchev–Trinajstić information content (AvgIpc) is 2.95. The minimum Gasteiger partial charge on any atom is -0.310 e. The van der Waals surface area contributed by atoms with E-state index >= 15 is 0 Å². The van der Waals surface area contributed by atoms with Crippen LogP contribution in [0.1, 0.15) is 24.8 Å². The summed E-state index contributed by atoms with van der Waals surface area (Å²) in [6, 6.07) is 0.641. The van der Waals surface area contributed by atoms with Crippen LogP contribution in [0.15, 0.2) is 11.2 Å². The molecule has 112 valence electrons. The maximum Gasteiger partial charge on any atom is 0.260 e. The summed E-state index contributed by atoms with van der Waals surface area (Å²) in [5, 5.41) is 10.2. The predicted molar refractivity (Wildman–Crippen MR) is 79.1 cm³/mol. The van der Waals surface area contributed by atoms with Crippen LogP contribution < -0.4 is 5.32 Å². The Morgan fingerprint density at radius 2 is 2.30 bits per heavy atom. The van der Waals surface area contributed by atoms with E-state index in [1.165, 1.54) is 17.1 Å². The van der Waals surface area contributed by atoms with E-state index in [9.17, 15) is 8.42 Å². The van der Waals surface area contributed by atoms with Crippen LogP contribution in [0.4, 0.5) is 0 Å². The van der Waals surface area contributed by atoms with Crippen molar-refractivity contribution < 1.29 is 8.42 Å². The molecule has 2 fully saturated rings. The molecule has 1 aromatic rings.